The van der Waals surface area contributed by atoms with Gasteiger partial charge < -0.3 is 10.4 Å². The van der Waals surface area contributed by atoms with Crippen molar-refractivity contribution < 1.29 is 30.5 Å². The summed E-state index contributed by atoms with van der Waals surface area (Å²) in [5, 5.41) is 23.2. The van der Waals surface area contributed by atoms with E-state index in [-0.39, 0.29) is 33.0 Å². The molecule has 0 aromatic heterocycles. The van der Waals surface area contributed by atoms with E-state index < -0.39 is 11.0 Å². The third kappa shape index (κ3) is 3.59. The molecule has 0 spiro atoms. The standard InChI is InChI=1S/C6H11N2O3.Pd/c9-6(4-8(10)11)5-2-1-3-7-5;/h5-6,9H,1-4H2;/q-1;. The van der Waals surface area contributed by atoms with Crippen LogP contribution in [0.1, 0.15) is 12.8 Å². The number of nitrogens with zero attached hydrogens (tertiary/aromatic N) is 2. The van der Waals surface area contributed by atoms with Crippen LogP contribution in [0.3, 0.4) is 0 Å². The van der Waals surface area contributed by atoms with Gasteiger partial charge in [0, 0.05) is 25.3 Å². The number of hydrogen-bond donors (Lipinski definition) is 1. The SMILES string of the molecule is O=[N+]([O-])CC(O)C1CCC[N-]1.[Pd]. The number of nitro groups is 1. The molecule has 2 atom stereocenters. The zero-order chi connectivity index (χ0) is 8.27. The molecule has 1 fully saturated rings. The number of aliphatic hydroxyl groups is 1. The molecule has 74 valence electrons. The van der Waals surface area contributed by atoms with Crippen LogP contribution in [0.15, 0.2) is 0 Å². The Bertz CT molecular complexity index is 150. The molecule has 6 heteroatoms. The molecule has 0 amide bonds. The van der Waals surface area contributed by atoms with Crippen molar-refractivity contribution >= 4 is 0 Å². The van der Waals surface area contributed by atoms with E-state index in [4.69, 9.17) is 0 Å². The molecule has 1 heterocycles. The molecule has 12 heavy (non-hydrogen) atoms. The second-order valence-corrected chi connectivity index (χ2v) is 2.70. The smallest absolute Gasteiger partial charge is 0.227 e. The number of aliphatic hydroxyl groups excluding tert-OH is 1. The Morgan fingerprint density at radius 2 is 2.42 bits per heavy atom. The summed E-state index contributed by atoms with van der Waals surface area (Å²) >= 11 is 0. The van der Waals surface area contributed by atoms with Gasteiger partial charge in [0.15, 0.2) is 0 Å². The second kappa shape index (κ2) is 5.60. The van der Waals surface area contributed by atoms with Crippen LogP contribution >= 0.6 is 0 Å². The van der Waals surface area contributed by atoms with E-state index in [2.05, 4.69) is 5.32 Å². The molecule has 0 bridgehead atoms. The Morgan fingerprint density at radius 3 is 2.83 bits per heavy atom. The summed E-state index contributed by atoms with van der Waals surface area (Å²) in [5.74, 6) is 0. The first kappa shape index (κ1) is 12.0. The fourth-order valence-corrected chi connectivity index (χ4v) is 1.24. The molecule has 1 rings (SSSR count). The van der Waals surface area contributed by atoms with Crippen molar-refractivity contribution in [2.45, 2.75) is 25.0 Å². The summed E-state index contributed by atoms with van der Waals surface area (Å²) in [4.78, 5) is 9.47. The van der Waals surface area contributed by atoms with Crippen molar-refractivity contribution in [1.82, 2.24) is 0 Å². The van der Waals surface area contributed by atoms with Crippen LogP contribution in [0.5, 0.6) is 0 Å². The van der Waals surface area contributed by atoms with Crippen molar-refractivity contribution in [3.05, 3.63) is 15.4 Å². The van der Waals surface area contributed by atoms with Crippen LogP contribution < -0.4 is 0 Å². The molecule has 5 nitrogen and oxygen atoms in total. The first-order valence-corrected chi connectivity index (χ1v) is 3.66. The molecule has 0 aromatic rings. The molecule has 0 aliphatic carbocycles. The van der Waals surface area contributed by atoms with Gasteiger partial charge in [-0.05, 0) is 0 Å². The minimum Gasteiger partial charge on any atom is -0.657 e. The van der Waals surface area contributed by atoms with Gasteiger partial charge in [-0.15, -0.1) is 12.6 Å². The summed E-state index contributed by atoms with van der Waals surface area (Å²) in [7, 11) is 0. The maximum atomic E-state index is 9.97. The Labute approximate surface area is 84.3 Å². The van der Waals surface area contributed by atoms with Crippen molar-refractivity contribution in [2.24, 2.45) is 0 Å². The van der Waals surface area contributed by atoms with E-state index in [9.17, 15) is 15.2 Å². The summed E-state index contributed by atoms with van der Waals surface area (Å²) in [6.45, 7) is 0.355. The van der Waals surface area contributed by atoms with Gasteiger partial charge in [-0.1, -0.05) is 12.8 Å². The molecule has 1 saturated heterocycles. The van der Waals surface area contributed by atoms with E-state index in [1.165, 1.54) is 0 Å². The quantitative estimate of drug-likeness (QED) is 0.448. The van der Waals surface area contributed by atoms with Crippen LogP contribution in [0.25, 0.3) is 5.32 Å². The Morgan fingerprint density at radius 1 is 1.75 bits per heavy atom. The zero-order valence-electron chi connectivity index (χ0n) is 6.46. The van der Waals surface area contributed by atoms with Crippen LogP contribution in [0, 0.1) is 10.1 Å². The van der Waals surface area contributed by atoms with Crippen LogP contribution in [-0.4, -0.2) is 35.3 Å². The maximum Gasteiger partial charge on any atom is 0.227 e. The Hall–Kier alpha value is -0.0177. The molecule has 1 N–H and O–H groups in total. The Balaban J connectivity index is 0.00000121. The van der Waals surface area contributed by atoms with Crippen molar-refractivity contribution in [3.8, 4) is 0 Å². The van der Waals surface area contributed by atoms with E-state index in [1.807, 2.05) is 0 Å². The average Bonchev–Trinajstić information content (AvgIpc) is 2.35. The fraction of sp³-hybridized carbons (Fsp3) is 1.00. The normalized spacial score (nSPS) is 24.6. The number of rotatable bonds is 3. The molecular formula is C6H11N2O3Pd-. The molecule has 0 aromatic carbocycles. The van der Waals surface area contributed by atoms with E-state index in [0.717, 1.165) is 19.4 Å². The third-order valence-corrected chi connectivity index (χ3v) is 1.80. The molecule has 1 aliphatic heterocycles. The predicted molar refractivity (Wildman–Crippen MR) is 39.1 cm³/mol. The fourth-order valence-electron chi connectivity index (χ4n) is 1.24. The van der Waals surface area contributed by atoms with E-state index >= 15 is 0 Å². The third-order valence-electron chi connectivity index (χ3n) is 1.80. The maximum absolute atomic E-state index is 9.97. The van der Waals surface area contributed by atoms with Gasteiger partial charge >= 0.3 is 0 Å². The van der Waals surface area contributed by atoms with Gasteiger partial charge in [-0.2, -0.15) is 0 Å². The van der Waals surface area contributed by atoms with Gasteiger partial charge in [0.25, 0.3) is 0 Å². The topological polar surface area (TPSA) is 77.5 Å². The minimum absolute atomic E-state index is 0. The molecule has 0 saturated carbocycles. The van der Waals surface area contributed by atoms with Gasteiger partial charge in [0.05, 0.1) is 0 Å². The van der Waals surface area contributed by atoms with Gasteiger partial charge in [0.2, 0.25) is 6.54 Å². The first-order chi connectivity index (χ1) is 5.20. The zero-order valence-corrected chi connectivity index (χ0v) is 8.01. The summed E-state index contributed by atoms with van der Waals surface area (Å²) in [6.07, 6.45) is 0.849. The first-order valence-electron chi connectivity index (χ1n) is 3.66. The van der Waals surface area contributed by atoms with Gasteiger partial charge in [-0.25, -0.2) is 0 Å². The van der Waals surface area contributed by atoms with Crippen LogP contribution in [0.2, 0.25) is 0 Å². The molecule has 0 radical (unpaired) electrons. The van der Waals surface area contributed by atoms with E-state index in [1.54, 1.807) is 0 Å². The minimum atomic E-state index is -0.882. The van der Waals surface area contributed by atoms with E-state index in [0.29, 0.717) is 0 Å². The Kier molecular flexibility index (Phi) is 5.59. The molecule has 1 aliphatic rings. The van der Waals surface area contributed by atoms with Crippen molar-refractivity contribution in [3.63, 3.8) is 0 Å². The van der Waals surface area contributed by atoms with Crippen LogP contribution in [-0.2, 0) is 20.4 Å². The largest absolute Gasteiger partial charge is 0.657 e. The average molecular weight is 266 g/mol. The molecule has 2 unspecified atom stereocenters. The van der Waals surface area contributed by atoms with Gasteiger partial charge in [0.1, 0.15) is 6.10 Å². The van der Waals surface area contributed by atoms with Crippen molar-refractivity contribution in [2.75, 3.05) is 13.1 Å². The van der Waals surface area contributed by atoms with Crippen LogP contribution in [0.4, 0.5) is 0 Å². The summed E-state index contributed by atoms with van der Waals surface area (Å²) < 4.78 is 0. The predicted octanol–water partition coefficient (Wildman–Crippen LogP) is 0.158. The molecular weight excluding hydrogens is 254 g/mol. The number of hydrogen-bond acceptors (Lipinski definition) is 3. The summed E-state index contributed by atoms with van der Waals surface area (Å²) in [6, 6.07) is -0.194. The summed E-state index contributed by atoms with van der Waals surface area (Å²) in [5.41, 5.74) is 0. The van der Waals surface area contributed by atoms with Crippen molar-refractivity contribution in [1.29, 1.82) is 0 Å². The second-order valence-electron chi connectivity index (χ2n) is 2.70. The monoisotopic (exact) mass is 265 g/mol. The van der Waals surface area contributed by atoms with Gasteiger partial charge in [-0.3, -0.25) is 10.1 Å².